The number of hydrogen-bond acceptors (Lipinski definition) is 2. The lowest BCUT2D eigenvalue weighted by molar-refractivity contribution is -0.00000547. The van der Waals surface area contributed by atoms with Crippen molar-refractivity contribution in [1.29, 1.82) is 0 Å². The van der Waals surface area contributed by atoms with Gasteiger partial charge in [0, 0.05) is 25.5 Å². The molecule has 0 amide bonds. The third-order valence-corrected chi connectivity index (χ3v) is 3.45. The van der Waals surface area contributed by atoms with Crippen LogP contribution in [-0.4, -0.2) is 16.5 Å². The maximum Gasteiger partial charge on any atom is 0.123 e. The molecule has 0 radical (unpaired) electrons. The Balaban J connectivity index is 0.00000176. The quantitative estimate of drug-likeness (QED) is 0.787. The molecule has 2 aromatic carbocycles. The molecule has 0 aromatic heterocycles. The zero-order valence-corrected chi connectivity index (χ0v) is 13.5. The number of halogens is 3. The first-order valence-electron chi connectivity index (χ1n) is 6.84. The van der Waals surface area contributed by atoms with Crippen LogP contribution in [0.4, 0.5) is 8.78 Å². The standard InChI is InChI=1S/C17H16F2N2.BrH/c18-16-5-1-14(2-6-16)11-20-9-10-21(13-20)12-15-3-7-17(19)8-4-15;/h1-10H,11-13H2;1H/p-1. The van der Waals surface area contributed by atoms with E-state index in [1.54, 1.807) is 24.3 Å². The van der Waals surface area contributed by atoms with Gasteiger partial charge in [0.25, 0.3) is 0 Å². The molecule has 1 aliphatic rings. The first-order valence-corrected chi connectivity index (χ1v) is 6.84. The Morgan fingerprint density at radius 3 is 1.41 bits per heavy atom. The summed E-state index contributed by atoms with van der Waals surface area (Å²) in [5.41, 5.74) is 2.15. The maximum atomic E-state index is 12.9. The smallest absolute Gasteiger partial charge is 0.123 e. The summed E-state index contributed by atoms with van der Waals surface area (Å²) in [5, 5.41) is 0. The largest absolute Gasteiger partial charge is 1.00 e. The highest BCUT2D eigenvalue weighted by Gasteiger charge is 2.12. The highest BCUT2D eigenvalue weighted by atomic mass is 79.9. The molecule has 22 heavy (non-hydrogen) atoms. The summed E-state index contributed by atoms with van der Waals surface area (Å²) < 4.78 is 25.7. The molecule has 0 bridgehead atoms. The third-order valence-electron chi connectivity index (χ3n) is 3.45. The van der Waals surface area contributed by atoms with Gasteiger partial charge in [-0.1, -0.05) is 24.3 Å². The van der Waals surface area contributed by atoms with Crippen LogP contribution in [0.2, 0.25) is 0 Å². The molecule has 1 aliphatic heterocycles. The Morgan fingerprint density at radius 1 is 0.682 bits per heavy atom. The van der Waals surface area contributed by atoms with Crippen molar-refractivity contribution in [3.05, 3.63) is 83.7 Å². The van der Waals surface area contributed by atoms with E-state index >= 15 is 0 Å². The molecule has 5 heteroatoms. The van der Waals surface area contributed by atoms with Crippen molar-refractivity contribution in [2.24, 2.45) is 0 Å². The van der Waals surface area contributed by atoms with Crippen LogP contribution in [0, 0.1) is 11.6 Å². The molecular formula is C17H16BrF2N2-. The molecule has 1 heterocycles. The van der Waals surface area contributed by atoms with Crippen molar-refractivity contribution >= 4 is 0 Å². The van der Waals surface area contributed by atoms with Crippen LogP contribution < -0.4 is 17.0 Å². The summed E-state index contributed by atoms with van der Waals surface area (Å²) >= 11 is 0. The molecule has 0 atom stereocenters. The van der Waals surface area contributed by atoms with E-state index in [1.165, 1.54) is 24.3 Å². The average molecular weight is 366 g/mol. The Labute approximate surface area is 139 Å². The lowest BCUT2D eigenvalue weighted by Crippen LogP contribution is -3.00. The van der Waals surface area contributed by atoms with E-state index in [-0.39, 0.29) is 28.6 Å². The van der Waals surface area contributed by atoms with Crippen LogP contribution in [-0.2, 0) is 13.1 Å². The first kappa shape index (κ1) is 16.5. The topological polar surface area (TPSA) is 6.48 Å². The van der Waals surface area contributed by atoms with Gasteiger partial charge in [-0.25, -0.2) is 8.78 Å². The molecule has 0 fully saturated rings. The van der Waals surface area contributed by atoms with Gasteiger partial charge in [0.05, 0.1) is 6.67 Å². The second-order valence-corrected chi connectivity index (χ2v) is 5.19. The zero-order chi connectivity index (χ0) is 14.7. The van der Waals surface area contributed by atoms with Gasteiger partial charge in [0.2, 0.25) is 0 Å². The summed E-state index contributed by atoms with van der Waals surface area (Å²) in [7, 11) is 0. The number of hydrogen-bond donors (Lipinski definition) is 0. The Kier molecular flexibility index (Phi) is 5.55. The van der Waals surface area contributed by atoms with Gasteiger partial charge in [0.1, 0.15) is 11.6 Å². The van der Waals surface area contributed by atoms with Gasteiger partial charge >= 0.3 is 0 Å². The van der Waals surface area contributed by atoms with Crippen LogP contribution in [0.1, 0.15) is 11.1 Å². The van der Waals surface area contributed by atoms with Crippen LogP contribution in [0.15, 0.2) is 60.9 Å². The van der Waals surface area contributed by atoms with E-state index in [0.717, 1.165) is 30.9 Å². The van der Waals surface area contributed by atoms with Gasteiger partial charge < -0.3 is 26.8 Å². The molecule has 116 valence electrons. The summed E-state index contributed by atoms with van der Waals surface area (Å²) in [5.74, 6) is -0.428. The van der Waals surface area contributed by atoms with E-state index in [4.69, 9.17) is 0 Å². The summed E-state index contributed by atoms with van der Waals surface area (Å²) in [6.07, 6.45) is 4.04. The van der Waals surface area contributed by atoms with E-state index in [2.05, 4.69) is 9.80 Å². The minimum absolute atomic E-state index is 0. The lowest BCUT2D eigenvalue weighted by Gasteiger charge is -2.21. The fourth-order valence-electron chi connectivity index (χ4n) is 2.37. The fourth-order valence-corrected chi connectivity index (χ4v) is 2.37. The predicted molar refractivity (Wildman–Crippen MR) is 77.9 cm³/mol. The lowest BCUT2D eigenvalue weighted by atomic mass is 10.2. The summed E-state index contributed by atoms with van der Waals surface area (Å²) in [6.45, 7) is 2.27. The number of benzene rings is 2. The van der Waals surface area contributed by atoms with Gasteiger partial charge in [-0.05, 0) is 35.4 Å². The summed E-state index contributed by atoms with van der Waals surface area (Å²) in [6, 6.07) is 13.1. The molecule has 2 aromatic rings. The van der Waals surface area contributed by atoms with Gasteiger partial charge in [0.15, 0.2) is 0 Å². The van der Waals surface area contributed by atoms with Crippen LogP contribution >= 0.6 is 0 Å². The Hall–Kier alpha value is -1.88. The zero-order valence-electron chi connectivity index (χ0n) is 11.9. The number of rotatable bonds is 4. The molecule has 0 N–H and O–H groups in total. The highest BCUT2D eigenvalue weighted by molar-refractivity contribution is 5.18. The minimum Gasteiger partial charge on any atom is -1.00 e. The monoisotopic (exact) mass is 365 g/mol. The van der Waals surface area contributed by atoms with Gasteiger partial charge in [-0.15, -0.1) is 0 Å². The average Bonchev–Trinajstić information content (AvgIpc) is 2.91. The van der Waals surface area contributed by atoms with Crippen molar-refractivity contribution in [2.75, 3.05) is 6.67 Å². The fraction of sp³-hybridized carbons (Fsp3) is 0.176. The second kappa shape index (κ2) is 7.40. The first-order chi connectivity index (χ1) is 10.2. The van der Waals surface area contributed by atoms with E-state index in [9.17, 15) is 8.78 Å². The van der Waals surface area contributed by atoms with Crippen molar-refractivity contribution in [2.45, 2.75) is 13.1 Å². The van der Waals surface area contributed by atoms with E-state index < -0.39 is 0 Å². The molecule has 0 unspecified atom stereocenters. The number of nitrogens with zero attached hydrogens (tertiary/aromatic N) is 2. The van der Waals surface area contributed by atoms with Crippen molar-refractivity contribution in [3.63, 3.8) is 0 Å². The molecule has 3 rings (SSSR count). The normalized spacial score (nSPS) is 13.4. The molecule has 0 spiro atoms. The molecular weight excluding hydrogens is 350 g/mol. The minimum atomic E-state index is -0.214. The Morgan fingerprint density at radius 2 is 1.05 bits per heavy atom. The van der Waals surface area contributed by atoms with Crippen molar-refractivity contribution < 1.29 is 25.8 Å². The van der Waals surface area contributed by atoms with Gasteiger partial charge in [-0.2, -0.15) is 0 Å². The third kappa shape index (κ3) is 4.31. The van der Waals surface area contributed by atoms with Crippen LogP contribution in [0.3, 0.4) is 0 Å². The van der Waals surface area contributed by atoms with Crippen LogP contribution in [0.5, 0.6) is 0 Å². The SMILES string of the molecule is Fc1ccc(CN2C=CN(Cc3ccc(F)cc3)C2)cc1.[Br-]. The van der Waals surface area contributed by atoms with Crippen molar-refractivity contribution in [3.8, 4) is 0 Å². The van der Waals surface area contributed by atoms with Crippen molar-refractivity contribution in [1.82, 2.24) is 9.80 Å². The molecule has 0 saturated heterocycles. The Bertz CT molecular complexity index is 571. The van der Waals surface area contributed by atoms with E-state index in [1.807, 2.05) is 12.4 Å². The maximum absolute atomic E-state index is 12.9. The highest BCUT2D eigenvalue weighted by Crippen LogP contribution is 2.15. The second-order valence-electron chi connectivity index (χ2n) is 5.19. The van der Waals surface area contributed by atoms with Gasteiger partial charge in [-0.3, -0.25) is 0 Å². The van der Waals surface area contributed by atoms with Crippen LogP contribution in [0.25, 0.3) is 0 Å². The summed E-state index contributed by atoms with van der Waals surface area (Å²) in [4.78, 5) is 4.30. The molecule has 0 saturated carbocycles. The van der Waals surface area contributed by atoms with E-state index in [0.29, 0.717) is 0 Å². The molecule has 0 aliphatic carbocycles. The predicted octanol–water partition coefficient (Wildman–Crippen LogP) is 0.715. The molecule has 2 nitrogen and oxygen atoms in total.